The highest BCUT2D eigenvalue weighted by atomic mass is 16.3. The molecule has 0 N–H and O–H groups in total. The second-order valence-corrected chi connectivity index (χ2v) is 17.5. The van der Waals surface area contributed by atoms with E-state index in [1.165, 1.54) is 77.2 Å². The van der Waals surface area contributed by atoms with Gasteiger partial charge in [-0.15, -0.1) is 0 Å². The van der Waals surface area contributed by atoms with Crippen LogP contribution in [0.25, 0.3) is 88.0 Å². The topological polar surface area (TPSA) is 16.4 Å². The Bertz CT molecular complexity index is 3840. The Kier molecular flexibility index (Phi) is 7.64. The first kappa shape index (κ1) is 36.1. The summed E-state index contributed by atoms with van der Waals surface area (Å²) < 4.78 is 6.67. The molecule has 1 spiro atoms. The predicted octanol–water partition coefficient (Wildman–Crippen LogP) is 17.0. The third kappa shape index (κ3) is 5.11. The molecular weight excluding hydrogens is 787 g/mol. The van der Waals surface area contributed by atoms with Gasteiger partial charge >= 0.3 is 0 Å². The Morgan fingerprint density at radius 2 is 0.862 bits per heavy atom. The van der Waals surface area contributed by atoms with Gasteiger partial charge in [0.1, 0.15) is 11.2 Å². The van der Waals surface area contributed by atoms with Gasteiger partial charge in [0, 0.05) is 27.7 Å². The average Bonchev–Trinajstić information content (AvgIpc) is 4.00. The maximum absolute atomic E-state index is 6.67. The summed E-state index contributed by atoms with van der Waals surface area (Å²) in [5.41, 5.74) is 19.6. The van der Waals surface area contributed by atoms with Gasteiger partial charge in [-0.2, -0.15) is 0 Å². The van der Waals surface area contributed by atoms with Crippen LogP contribution in [0.3, 0.4) is 0 Å². The molecule has 11 aromatic carbocycles. The van der Waals surface area contributed by atoms with Crippen molar-refractivity contribution < 1.29 is 4.42 Å². The summed E-state index contributed by atoms with van der Waals surface area (Å²) in [6, 6.07) is 87.2. The van der Waals surface area contributed by atoms with Gasteiger partial charge in [0.05, 0.1) is 11.1 Å². The van der Waals surface area contributed by atoms with E-state index in [9.17, 15) is 0 Å². The molecule has 0 unspecified atom stereocenters. The molecule has 0 saturated carbocycles. The quantitative estimate of drug-likeness (QED) is 0.172. The van der Waals surface area contributed by atoms with E-state index in [2.05, 4.69) is 241 Å². The molecule has 0 atom stereocenters. The number of benzene rings is 11. The number of anilines is 3. The molecule has 65 heavy (non-hydrogen) atoms. The summed E-state index contributed by atoms with van der Waals surface area (Å²) in [6.45, 7) is 0. The molecule has 0 aliphatic heterocycles. The molecule has 0 saturated heterocycles. The number of furan rings is 1. The third-order valence-electron chi connectivity index (χ3n) is 14.3. The second kappa shape index (κ2) is 13.8. The van der Waals surface area contributed by atoms with Crippen LogP contribution in [-0.2, 0) is 5.41 Å². The van der Waals surface area contributed by atoms with Crippen LogP contribution in [0.5, 0.6) is 0 Å². The molecule has 14 rings (SSSR count). The van der Waals surface area contributed by atoms with Crippen molar-refractivity contribution in [3.63, 3.8) is 0 Å². The predicted molar refractivity (Wildman–Crippen MR) is 271 cm³/mol. The van der Waals surface area contributed by atoms with E-state index in [1.54, 1.807) is 0 Å². The van der Waals surface area contributed by atoms with Crippen LogP contribution in [0.2, 0.25) is 0 Å². The van der Waals surface area contributed by atoms with E-state index in [-0.39, 0.29) is 0 Å². The lowest BCUT2D eigenvalue weighted by atomic mass is 9.70. The minimum atomic E-state index is -0.477. The summed E-state index contributed by atoms with van der Waals surface area (Å²) in [5.74, 6) is 0. The van der Waals surface area contributed by atoms with Gasteiger partial charge in [-0.05, 0) is 125 Å². The number of nitrogens with zero attached hydrogens (tertiary/aromatic N) is 1. The highest BCUT2D eigenvalue weighted by Gasteiger charge is 2.51. The van der Waals surface area contributed by atoms with Gasteiger partial charge in [0.15, 0.2) is 0 Å². The van der Waals surface area contributed by atoms with Crippen molar-refractivity contribution >= 4 is 60.5 Å². The molecule has 1 heterocycles. The molecular formula is C63H39NO. The zero-order chi connectivity index (χ0) is 42.6. The maximum Gasteiger partial charge on any atom is 0.136 e. The van der Waals surface area contributed by atoms with E-state index in [0.29, 0.717) is 0 Å². The Balaban J connectivity index is 1.05. The van der Waals surface area contributed by atoms with Gasteiger partial charge in [0.25, 0.3) is 0 Å². The van der Waals surface area contributed by atoms with Crippen molar-refractivity contribution in [2.24, 2.45) is 0 Å². The largest absolute Gasteiger partial charge is 0.456 e. The first-order chi connectivity index (χ1) is 32.2. The van der Waals surface area contributed by atoms with E-state index in [4.69, 9.17) is 4.42 Å². The molecule has 2 heteroatoms. The molecule has 2 aliphatic rings. The summed E-state index contributed by atoms with van der Waals surface area (Å²) in [4.78, 5) is 2.49. The second-order valence-electron chi connectivity index (χ2n) is 17.5. The van der Waals surface area contributed by atoms with E-state index in [1.807, 2.05) is 0 Å². The summed E-state index contributed by atoms with van der Waals surface area (Å²) in [5, 5.41) is 7.08. The van der Waals surface area contributed by atoms with Gasteiger partial charge in [0.2, 0.25) is 0 Å². The average molecular weight is 826 g/mol. The van der Waals surface area contributed by atoms with Crippen LogP contribution in [0.1, 0.15) is 22.3 Å². The highest BCUT2D eigenvalue weighted by Crippen LogP contribution is 2.63. The first-order valence-electron chi connectivity index (χ1n) is 22.5. The number of hydrogen-bond donors (Lipinski definition) is 0. The van der Waals surface area contributed by atoms with E-state index >= 15 is 0 Å². The molecule has 0 fully saturated rings. The fraction of sp³-hybridized carbons (Fsp3) is 0.0159. The Morgan fingerprint density at radius 3 is 1.60 bits per heavy atom. The van der Waals surface area contributed by atoms with Crippen molar-refractivity contribution in [2.75, 3.05) is 4.90 Å². The summed E-state index contributed by atoms with van der Waals surface area (Å²) >= 11 is 0. The maximum atomic E-state index is 6.67. The lowest BCUT2D eigenvalue weighted by Crippen LogP contribution is -2.26. The monoisotopic (exact) mass is 825 g/mol. The lowest BCUT2D eigenvalue weighted by molar-refractivity contribution is 0.669. The highest BCUT2D eigenvalue weighted by molar-refractivity contribution is 6.17. The fourth-order valence-electron chi connectivity index (χ4n) is 11.5. The van der Waals surface area contributed by atoms with Crippen molar-refractivity contribution in [3.8, 4) is 44.5 Å². The molecule has 1 aromatic heterocycles. The van der Waals surface area contributed by atoms with Crippen LogP contribution in [0, 0.1) is 0 Å². The molecule has 2 aliphatic carbocycles. The molecule has 0 radical (unpaired) electrons. The van der Waals surface area contributed by atoms with E-state index < -0.39 is 5.41 Å². The molecule has 2 nitrogen and oxygen atoms in total. The Labute approximate surface area is 376 Å². The van der Waals surface area contributed by atoms with Gasteiger partial charge in [-0.3, -0.25) is 0 Å². The smallest absolute Gasteiger partial charge is 0.136 e. The first-order valence-corrected chi connectivity index (χ1v) is 22.5. The van der Waals surface area contributed by atoms with Crippen molar-refractivity contribution in [2.45, 2.75) is 5.41 Å². The van der Waals surface area contributed by atoms with Crippen LogP contribution in [-0.4, -0.2) is 0 Å². The Hall–Kier alpha value is -8.46. The number of para-hydroxylation sites is 1. The van der Waals surface area contributed by atoms with Gasteiger partial charge in [-0.25, -0.2) is 0 Å². The fourth-order valence-corrected chi connectivity index (χ4v) is 11.5. The standard InChI is InChI=1S/C63H39NO/c1-2-16-44-38-45(33-32-40(44)14-1)64(46-34-35-52-51-21-7-11-26-56(51)63(57(52)39-46)54-24-9-5-19-49(54)50-20-6-10-25-55(50)63)58-36-37-60-62(53-22-8-12-27-59(53)65-60)61(58)43-30-28-42(29-31-43)48-23-13-17-41-15-3-4-18-47(41)48/h1-39H. The van der Waals surface area contributed by atoms with Crippen LogP contribution < -0.4 is 4.90 Å². The number of fused-ring (bicyclic) bond motifs is 15. The SMILES string of the molecule is c1ccc2c(c1)-c1ccccc1C21c2ccccc2-c2ccc(N(c3ccc4ccccc4c3)c3ccc4oc5ccccc5c4c3-c3ccc(-c4cccc5ccccc45)cc3)cc21. The minimum absolute atomic E-state index is 0.477. The molecule has 302 valence electrons. The summed E-state index contributed by atoms with van der Waals surface area (Å²) in [7, 11) is 0. The minimum Gasteiger partial charge on any atom is -0.456 e. The van der Waals surface area contributed by atoms with Crippen molar-refractivity contribution in [1.82, 2.24) is 0 Å². The van der Waals surface area contributed by atoms with Crippen molar-refractivity contribution in [3.05, 3.63) is 259 Å². The normalized spacial score (nSPS) is 13.0. The zero-order valence-electron chi connectivity index (χ0n) is 35.4. The molecule has 12 aromatic rings. The molecule has 0 bridgehead atoms. The Morgan fingerprint density at radius 1 is 0.323 bits per heavy atom. The third-order valence-corrected chi connectivity index (χ3v) is 14.3. The summed E-state index contributed by atoms with van der Waals surface area (Å²) in [6.07, 6.45) is 0. The zero-order valence-corrected chi connectivity index (χ0v) is 35.4. The van der Waals surface area contributed by atoms with Gasteiger partial charge < -0.3 is 9.32 Å². The number of rotatable bonds is 5. The van der Waals surface area contributed by atoms with Crippen LogP contribution in [0.15, 0.2) is 241 Å². The van der Waals surface area contributed by atoms with Crippen molar-refractivity contribution in [1.29, 1.82) is 0 Å². The van der Waals surface area contributed by atoms with E-state index in [0.717, 1.165) is 50.1 Å². The van der Waals surface area contributed by atoms with Gasteiger partial charge in [-0.1, -0.05) is 194 Å². The number of hydrogen-bond acceptors (Lipinski definition) is 2. The van der Waals surface area contributed by atoms with Crippen LogP contribution in [0.4, 0.5) is 17.1 Å². The molecule has 0 amide bonds. The lowest BCUT2D eigenvalue weighted by Gasteiger charge is -2.33. The van der Waals surface area contributed by atoms with Crippen LogP contribution >= 0.6 is 0 Å².